The Hall–Kier alpha value is -1.58. The van der Waals surface area contributed by atoms with E-state index in [9.17, 15) is 4.39 Å². The largest absolute Gasteiger partial charge is 0.452 e. The fraction of sp³-hybridized carbons (Fsp3) is 0.200. The molecule has 0 saturated carbocycles. The lowest BCUT2D eigenvalue weighted by Crippen LogP contribution is -2.07. The topological polar surface area (TPSA) is 21.3 Å². The van der Waals surface area contributed by atoms with Gasteiger partial charge in [-0.2, -0.15) is 0 Å². The number of rotatable bonds is 4. The molecule has 2 nitrogen and oxygen atoms in total. The molecule has 2 aromatic rings. The fourth-order valence-electron chi connectivity index (χ4n) is 1.80. The van der Waals surface area contributed by atoms with Crippen molar-refractivity contribution in [2.24, 2.45) is 0 Å². The molecule has 4 heteroatoms. The molecule has 0 aliphatic carbocycles. The average Bonchev–Trinajstić information content (AvgIpc) is 2.38. The van der Waals surface area contributed by atoms with Crippen molar-refractivity contribution >= 4 is 11.6 Å². The predicted octanol–water partition coefficient (Wildman–Crippen LogP) is 4.30. The maximum Gasteiger partial charge on any atom is 0.167 e. The molecule has 0 spiro atoms. The Bertz CT molecular complexity index is 586. The normalized spacial score (nSPS) is 10.5. The molecule has 2 aromatic carbocycles. The molecular formula is C15H15ClFNO. The first-order valence-corrected chi connectivity index (χ1v) is 6.35. The van der Waals surface area contributed by atoms with Crippen molar-refractivity contribution in [2.75, 3.05) is 7.05 Å². The molecule has 0 aliphatic rings. The second-order valence-electron chi connectivity index (χ2n) is 4.29. The zero-order valence-electron chi connectivity index (χ0n) is 10.8. The summed E-state index contributed by atoms with van der Waals surface area (Å²) in [4.78, 5) is 0. The number of aryl methyl sites for hydroxylation is 1. The number of halogens is 2. The van der Waals surface area contributed by atoms with E-state index in [1.165, 1.54) is 6.07 Å². The van der Waals surface area contributed by atoms with E-state index < -0.39 is 5.82 Å². The summed E-state index contributed by atoms with van der Waals surface area (Å²) in [6.45, 7) is 2.45. The van der Waals surface area contributed by atoms with Gasteiger partial charge in [0.1, 0.15) is 5.75 Å². The summed E-state index contributed by atoms with van der Waals surface area (Å²) in [5.41, 5.74) is 1.76. The molecule has 0 bridgehead atoms. The number of hydrogen-bond acceptors (Lipinski definition) is 2. The molecule has 0 fully saturated rings. The lowest BCUT2D eigenvalue weighted by atomic mass is 10.2. The van der Waals surface area contributed by atoms with Gasteiger partial charge in [-0.05, 0) is 37.7 Å². The first kappa shape index (κ1) is 13.8. The van der Waals surface area contributed by atoms with Crippen molar-refractivity contribution in [3.8, 4) is 11.5 Å². The summed E-state index contributed by atoms with van der Waals surface area (Å²) in [6.07, 6.45) is 0. The van der Waals surface area contributed by atoms with Gasteiger partial charge in [0, 0.05) is 12.1 Å². The molecule has 19 heavy (non-hydrogen) atoms. The highest BCUT2D eigenvalue weighted by atomic mass is 35.5. The van der Waals surface area contributed by atoms with Crippen LogP contribution in [0.4, 0.5) is 4.39 Å². The quantitative estimate of drug-likeness (QED) is 0.901. The highest BCUT2D eigenvalue weighted by Gasteiger charge is 2.12. The molecule has 0 aromatic heterocycles. The Balaban J connectivity index is 2.39. The van der Waals surface area contributed by atoms with Crippen molar-refractivity contribution in [3.63, 3.8) is 0 Å². The molecule has 0 aliphatic heterocycles. The summed E-state index contributed by atoms with van der Waals surface area (Å²) in [5.74, 6) is 0.277. The van der Waals surface area contributed by atoms with Gasteiger partial charge in [0.05, 0.1) is 5.02 Å². The second kappa shape index (κ2) is 6.04. The van der Waals surface area contributed by atoms with Crippen LogP contribution >= 0.6 is 11.6 Å². The maximum atomic E-state index is 13.9. The number of nitrogens with one attached hydrogen (secondary N) is 1. The predicted molar refractivity (Wildman–Crippen MR) is 75.4 cm³/mol. The van der Waals surface area contributed by atoms with Crippen LogP contribution in [0.2, 0.25) is 5.02 Å². The summed E-state index contributed by atoms with van der Waals surface area (Å²) in [7, 11) is 1.80. The summed E-state index contributed by atoms with van der Waals surface area (Å²) in [5, 5.41) is 3.45. The van der Waals surface area contributed by atoms with E-state index in [2.05, 4.69) is 5.32 Å². The Labute approximate surface area is 117 Å². The van der Waals surface area contributed by atoms with Gasteiger partial charge < -0.3 is 10.1 Å². The molecule has 0 unspecified atom stereocenters. The molecule has 0 amide bonds. The lowest BCUT2D eigenvalue weighted by molar-refractivity contribution is 0.434. The molecular weight excluding hydrogens is 265 g/mol. The first-order chi connectivity index (χ1) is 9.11. The Kier molecular flexibility index (Phi) is 4.40. The van der Waals surface area contributed by atoms with Crippen molar-refractivity contribution in [1.82, 2.24) is 5.32 Å². The molecule has 1 N–H and O–H groups in total. The third-order valence-electron chi connectivity index (χ3n) is 2.71. The van der Waals surface area contributed by atoms with Crippen LogP contribution in [0.5, 0.6) is 11.5 Å². The van der Waals surface area contributed by atoms with Crippen molar-refractivity contribution in [2.45, 2.75) is 13.5 Å². The summed E-state index contributed by atoms with van der Waals surface area (Å²) >= 11 is 6.06. The van der Waals surface area contributed by atoms with Gasteiger partial charge in [0.15, 0.2) is 11.6 Å². The SMILES string of the molecule is CNCc1cccc(F)c1Oc1cc(C)ccc1Cl. The van der Waals surface area contributed by atoms with Crippen molar-refractivity contribution < 1.29 is 9.13 Å². The minimum absolute atomic E-state index is 0.212. The maximum absolute atomic E-state index is 13.9. The monoisotopic (exact) mass is 279 g/mol. The lowest BCUT2D eigenvalue weighted by Gasteiger charge is -2.13. The van der Waals surface area contributed by atoms with Gasteiger partial charge in [-0.1, -0.05) is 29.8 Å². The van der Waals surface area contributed by atoms with E-state index in [1.54, 1.807) is 25.2 Å². The fourth-order valence-corrected chi connectivity index (χ4v) is 1.95. The standard InChI is InChI=1S/C15H15ClFNO/c1-10-6-7-12(16)14(8-10)19-15-11(9-18-2)4-3-5-13(15)17/h3-8,18H,9H2,1-2H3. The minimum Gasteiger partial charge on any atom is -0.452 e. The molecule has 0 saturated heterocycles. The van der Waals surface area contributed by atoms with Crippen LogP contribution in [0, 0.1) is 12.7 Å². The van der Waals surface area contributed by atoms with Gasteiger partial charge in [0.25, 0.3) is 0 Å². The Morgan fingerprint density at radius 2 is 2.05 bits per heavy atom. The zero-order valence-corrected chi connectivity index (χ0v) is 11.6. The van der Waals surface area contributed by atoms with Crippen LogP contribution in [0.3, 0.4) is 0 Å². The van der Waals surface area contributed by atoms with Crippen molar-refractivity contribution in [1.29, 1.82) is 0 Å². The molecule has 0 heterocycles. The molecule has 0 atom stereocenters. The van der Waals surface area contributed by atoms with Gasteiger partial charge in [-0.15, -0.1) is 0 Å². The van der Waals surface area contributed by atoms with Gasteiger partial charge in [-0.3, -0.25) is 0 Å². The Morgan fingerprint density at radius 3 is 2.79 bits per heavy atom. The number of ether oxygens (including phenoxy) is 1. The summed E-state index contributed by atoms with van der Waals surface area (Å²) in [6, 6.07) is 10.3. The van der Waals surface area contributed by atoms with Crippen LogP contribution in [-0.4, -0.2) is 7.05 Å². The van der Waals surface area contributed by atoms with Crippen LogP contribution in [0.1, 0.15) is 11.1 Å². The number of hydrogen-bond donors (Lipinski definition) is 1. The second-order valence-corrected chi connectivity index (χ2v) is 4.70. The molecule has 0 radical (unpaired) electrons. The van der Waals surface area contributed by atoms with E-state index in [4.69, 9.17) is 16.3 Å². The van der Waals surface area contributed by atoms with Crippen LogP contribution < -0.4 is 10.1 Å². The van der Waals surface area contributed by atoms with E-state index in [0.717, 1.165) is 11.1 Å². The van der Waals surface area contributed by atoms with Gasteiger partial charge >= 0.3 is 0 Å². The van der Waals surface area contributed by atoms with E-state index in [1.807, 2.05) is 19.1 Å². The summed E-state index contributed by atoms with van der Waals surface area (Å²) < 4.78 is 19.6. The van der Waals surface area contributed by atoms with Crippen LogP contribution in [0.25, 0.3) is 0 Å². The van der Waals surface area contributed by atoms with Crippen LogP contribution in [0.15, 0.2) is 36.4 Å². The van der Waals surface area contributed by atoms with Gasteiger partial charge in [0.2, 0.25) is 0 Å². The number of para-hydroxylation sites is 1. The van der Waals surface area contributed by atoms with E-state index in [0.29, 0.717) is 17.3 Å². The van der Waals surface area contributed by atoms with Crippen molar-refractivity contribution in [3.05, 3.63) is 58.4 Å². The third kappa shape index (κ3) is 3.25. The highest BCUT2D eigenvalue weighted by Crippen LogP contribution is 2.33. The van der Waals surface area contributed by atoms with Crippen LogP contribution in [-0.2, 0) is 6.54 Å². The molecule has 100 valence electrons. The average molecular weight is 280 g/mol. The highest BCUT2D eigenvalue weighted by molar-refractivity contribution is 6.32. The smallest absolute Gasteiger partial charge is 0.167 e. The van der Waals surface area contributed by atoms with E-state index >= 15 is 0 Å². The number of benzene rings is 2. The third-order valence-corrected chi connectivity index (χ3v) is 3.03. The van der Waals surface area contributed by atoms with Gasteiger partial charge in [-0.25, -0.2) is 4.39 Å². The zero-order chi connectivity index (χ0) is 13.8. The molecule has 2 rings (SSSR count). The van der Waals surface area contributed by atoms with E-state index in [-0.39, 0.29) is 5.75 Å². The Morgan fingerprint density at radius 1 is 1.26 bits per heavy atom. The minimum atomic E-state index is -0.398. The first-order valence-electron chi connectivity index (χ1n) is 5.98.